The quantitative estimate of drug-likeness (QED) is 0.490. The van der Waals surface area contributed by atoms with Gasteiger partial charge in [0.1, 0.15) is 7.05 Å². The van der Waals surface area contributed by atoms with Crippen LogP contribution in [-0.2, 0) is 26.8 Å². The predicted octanol–water partition coefficient (Wildman–Crippen LogP) is 6.19. The van der Waals surface area contributed by atoms with E-state index in [1.165, 1.54) is 50.6 Å². The third kappa shape index (κ3) is 3.48. The minimum atomic E-state index is -0.793. The van der Waals surface area contributed by atoms with E-state index in [-0.39, 0.29) is 29.5 Å². The minimum absolute atomic E-state index is 0.0467. The van der Waals surface area contributed by atoms with E-state index < -0.39 is 5.97 Å². The molecule has 0 radical (unpaired) electrons. The highest BCUT2D eigenvalue weighted by atomic mass is 16.5. The molecule has 0 spiro atoms. The van der Waals surface area contributed by atoms with E-state index in [0.717, 1.165) is 31.4 Å². The topological polar surface area (TPSA) is 52.8 Å². The number of ether oxygens (including phenoxy) is 1. The third-order valence-electron chi connectivity index (χ3n) is 9.69. The van der Waals surface area contributed by atoms with Crippen molar-refractivity contribution in [2.75, 3.05) is 18.5 Å². The van der Waals surface area contributed by atoms with Gasteiger partial charge < -0.3 is 14.7 Å². The van der Waals surface area contributed by atoms with Crippen LogP contribution in [0, 0.1) is 0 Å². The summed E-state index contributed by atoms with van der Waals surface area (Å²) in [6.45, 7) is 10.2. The van der Waals surface area contributed by atoms with Gasteiger partial charge in [0.25, 0.3) is 0 Å². The zero-order valence-electron chi connectivity index (χ0n) is 23.5. The Morgan fingerprint density at radius 1 is 1.03 bits per heavy atom. The van der Waals surface area contributed by atoms with E-state index in [4.69, 9.17) is 4.74 Å². The summed E-state index contributed by atoms with van der Waals surface area (Å²) in [5.41, 5.74) is 12.4. The molecule has 2 aromatic carbocycles. The summed E-state index contributed by atoms with van der Waals surface area (Å²) in [7, 11) is 2.21. The molecule has 4 heterocycles. The molecule has 5 aliphatic rings. The number of para-hydroxylation sites is 1. The maximum Gasteiger partial charge on any atom is 0.307 e. The maximum atomic E-state index is 11.4. The molecule has 0 bridgehead atoms. The second-order valence-corrected chi connectivity index (χ2v) is 12.8. The van der Waals surface area contributed by atoms with Gasteiger partial charge in [0.05, 0.1) is 24.0 Å². The molecule has 0 amide bonds. The van der Waals surface area contributed by atoms with Crippen molar-refractivity contribution >= 4 is 23.1 Å². The van der Waals surface area contributed by atoms with Crippen LogP contribution in [0.4, 0.5) is 11.4 Å². The molecule has 5 heteroatoms. The van der Waals surface area contributed by atoms with Gasteiger partial charge in [-0.3, -0.25) is 4.79 Å². The first kappa shape index (κ1) is 24.6. The highest BCUT2D eigenvalue weighted by Gasteiger charge is 2.49. The van der Waals surface area contributed by atoms with Crippen LogP contribution in [0.2, 0.25) is 0 Å². The molecule has 1 N–H and O–H groups in total. The first-order valence-electron chi connectivity index (χ1n) is 14.2. The van der Waals surface area contributed by atoms with Crippen molar-refractivity contribution in [1.29, 1.82) is 0 Å². The van der Waals surface area contributed by atoms with Crippen molar-refractivity contribution in [2.45, 2.75) is 76.4 Å². The van der Waals surface area contributed by atoms with Crippen LogP contribution in [0.3, 0.4) is 0 Å². The lowest BCUT2D eigenvalue weighted by Crippen LogP contribution is -2.42. The van der Waals surface area contributed by atoms with Gasteiger partial charge in [-0.25, -0.2) is 0 Å². The van der Waals surface area contributed by atoms with E-state index in [1.807, 2.05) is 6.07 Å². The summed E-state index contributed by atoms with van der Waals surface area (Å²) in [5.74, 6) is -0.793. The summed E-state index contributed by atoms with van der Waals surface area (Å²) in [6.07, 6.45) is 8.13. The first-order valence-corrected chi connectivity index (χ1v) is 14.2. The summed E-state index contributed by atoms with van der Waals surface area (Å²) >= 11 is 0. The SMILES string of the molecule is C[N+]1=C(C2=CC3=CC4=C5N(CCC4OC3CC2)c2ccc(CC(=O)O)cc2C5(C)C)C(C)(C)c2ccccc21. The van der Waals surface area contributed by atoms with Crippen molar-refractivity contribution in [3.05, 3.63) is 93.7 Å². The molecular weight excluding hydrogens is 484 g/mol. The normalized spacial score (nSPS) is 25.8. The maximum absolute atomic E-state index is 11.4. The lowest BCUT2D eigenvalue weighted by Gasteiger charge is -2.42. The molecule has 0 aromatic heterocycles. The van der Waals surface area contributed by atoms with Crippen molar-refractivity contribution in [3.8, 4) is 0 Å². The van der Waals surface area contributed by atoms with Crippen molar-refractivity contribution in [2.24, 2.45) is 0 Å². The van der Waals surface area contributed by atoms with Crippen LogP contribution in [0.25, 0.3) is 0 Å². The van der Waals surface area contributed by atoms with Gasteiger partial charge in [-0.2, -0.15) is 4.58 Å². The second-order valence-electron chi connectivity index (χ2n) is 12.8. The Balaban J connectivity index is 1.33. The van der Waals surface area contributed by atoms with Crippen molar-refractivity contribution < 1.29 is 19.2 Å². The molecule has 200 valence electrons. The average Bonchev–Trinajstić information content (AvgIpc) is 3.25. The van der Waals surface area contributed by atoms with E-state index >= 15 is 0 Å². The Bertz CT molecular complexity index is 1570. The Morgan fingerprint density at radius 3 is 2.59 bits per heavy atom. The molecule has 0 saturated carbocycles. The standard InChI is InChI=1S/C34H36N2O3/c1-33(2)24-8-6-7-9-26(24)35(5)31(33)21-11-13-28-22(18-21)19-23-29(39-28)14-15-36-27-12-10-20(17-30(37)38)16-25(27)34(3,4)32(23)36/h6-10,12,16,18-19,28-29H,11,13-15,17H2,1-5H3/p+1. The molecular formula is C34H37N2O3+. The number of hydrogen-bond acceptors (Lipinski definition) is 3. The van der Waals surface area contributed by atoms with Gasteiger partial charge in [0, 0.05) is 46.1 Å². The van der Waals surface area contributed by atoms with Crippen LogP contribution in [0.5, 0.6) is 0 Å². The molecule has 0 saturated heterocycles. The second kappa shape index (κ2) is 8.28. The largest absolute Gasteiger partial charge is 0.481 e. The molecule has 5 nitrogen and oxygen atoms in total. The molecule has 39 heavy (non-hydrogen) atoms. The molecule has 2 aromatic rings. The number of carboxylic acid groups (broad SMARTS) is 1. The monoisotopic (exact) mass is 521 g/mol. The van der Waals surface area contributed by atoms with Crippen LogP contribution in [0.15, 0.2) is 77.0 Å². The van der Waals surface area contributed by atoms with Crippen molar-refractivity contribution in [3.63, 3.8) is 0 Å². The fourth-order valence-electron chi connectivity index (χ4n) is 8.04. The average molecular weight is 522 g/mol. The van der Waals surface area contributed by atoms with Crippen LogP contribution in [-0.4, -0.2) is 47.2 Å². The van der Waals surface area contributed by atoms with E-state index in [0.29, 0.717) is 0 Å². The molecule has 1 aliphatic carbocycles. The lowest BCUT2D eigenvalue weighted by molar-refractivity contribution is -0.402. The number of hydrogen-bond donors (Lipinski definition) is 1. The summed E-state index contributed by atoms with van der Waals surface area (Å²) in [6, 6.07) is 15.0. The molecule has 4 aliphatic heterocycles. The molecule has 2 atom stereocenters. The van der Waals surface area contributed by atoms with E-state index in [9.17, 15) is 9.90 Å². The number of anilines is 1. The number of allylic oxidation sites excluding steroid dienone is 2. The summed E-state index contributed by atoms with van der Waals surface area (Å²) in [5, 5.41) is 9.36. The van der Waals surface area contributed by atoms with Gasteiger partial charge >= 0.3 is 5.97 Å². The minimum Gasteiger partial charge on any atom is -0.481 e. The molecule has 0 fully saturated rings. The Kier molecular flexibility index (Phi) is 5.22. The zero-order valence-corrected chi connectivity index (χ0v) is 23.5. The summed E-state index contributed by atoms with van der Waals surface area (Å²) < 4.78 is 9.22. The van der Waals surface area contributed by atoms with E-state index in [2.05, 4.69) is 92.8 Å². The van der Waals surface area contributed by atoms with Gasteiger partial charge in [0.15, 0.2) is 5.71 Å². The number of aliphatic carboxylic acids is 1. The smallest absolute Gasteiger partial charge is 0.307 e. The fraction of sp³-hybridized carbons (Fsp3) is 0.412. The summed E-state index contributed by atoms with van der Waals surface area (Å²) in [4.78, 5) is 13.9. The molecule has 7 rings (SSSR count). The van der Waals surface area contributed by atoms with Crippen LogP contribution < -0.4 is 4.90 Å². The highest BCUT2D eigenvalue weighted by molar-refractivity contribution is 6.07. The lowest BCUT2D eigenvalue weighted by atomic mass is 9.74. The Morgan fingerprint density at radius 2 is 1.82 bits per heavy atom. The number of benzene rings is 2. The first-order chi connectivity index (χ1) is 18.6. The van der Waals surface area contributed by atoms with Gasteiger partial charge in [-0.05, 0) is 68.0 Å². The van der Waals surface area contributed by atoms with Crippen LogP contribution >= 0.6 is 0 Å². The number of nitrogens with zero attached hydrogens (tertiary/aromatic N) is 2. The van der Waals surface area contributed by atoms with Crippen molar-refractivity contribution in [1.82, 2.24) is 0 Å². The molecule has 2 unspecified atom stereocenters. The van der Waals surface area contributed by atoms with Gasteiger partial charge in [-0.15, -0.1) is 0 Å². The van der Waals surface area contributed by atoms with Gasteiger partial charge in [0.2, 0.25) is 5.69 Å². The number of fused-ring (bicyclic) bond motifs is 6. The highest BCUT2D eigenvalue weighted by Crippen LogP contribution is 2.53. The zero-order chi connectivity index (χ0) is 27.3. The third-order valence-corrected chi connectivity index (χ3v) is 9.69. The fourth-order valence-corrected chi connectivity index (χ4v) is 8.04. The Labute approximate surface area is 230 Å². The van der Waals surface area contributed by atoms with E-state index in [1.54, 1.807) is 0 Å². The number of carbonyl (C=O) groups is 1. The van der Waals surface area contributed by atoms with Crippen LogP contribution in [0.1, 0.15) is 63.6 Å². The number of carboxylic acids is 1. The number of rotatable bonds is 3. The predicted molar refractivity (Wildman–Crippen MR) is 154 cm³/mol. The van der Waals surface area contributed by atoms with Gasteiger partial charge in [-0.1, -0.05) is 44.2 Å². The Hall–Kier alpha value is -3.44.